The van der Waals surface area contributed by atoms with E-state index in [1.54, 1.807) is 47.2 Å². The molecule has 0 aliphatic carbocycles. The lowest BCUT2D eigenvalue weighted by Crippen LogP contribution is -2.60. The molecule has 2 aromatic heterocycles. The van der Waals surface area contributed by atoms with Gasteiger partial charge in [-0.25, -0.2) is 14.3 Å². The predicted molar refractivity (Wildman–Crippen MR) is 328 cm³/mol. The Hall–Kier alpha value is -7.56. The van der Waals surface area contributed by atoms with Crippen LogP contribution in [-0.2, 0) is 61.0 Å². The number of aryl methyl sites for hydroxylation is 1. The molecule has 4 aliphatic rings. The van der Waals surface area contributed by atoms with E-state index in [-0.39, 0.29) is 104 Å². The smallest absolute Gasteiger partial charge is 0.355 e. The van der Waals surface area contributed by atoms with Gasteiger partial charge in [-0.05, 0) is 121 Å². The molecule has 10 rings (SSSR count). The van der Waals surface area contributed by atoms with E-state index in [0.29, 0.717) is 59.9 Å². The number of benzene rings is 4. The maximum atomic E-state index is 16.9. The molecular formula is C64H76FN8O13PS. The summed E-state index contributed by atoms with van der Waals surface area (Å²) in [6.45, 7) is 10.2. The molecule has 0 bridgehead atoms. The highest BCUT2D eigenvalue weighted by atomic mass is 32.1. The summed E-state index contributed by atoms with van der Waals surface area (Å²) in [7, 11) is -2.88. The van der Waals surface area contributed by atoms with Crippen molar-refractivity contribution in [2.45, 2.75) is 122 Å². The number of halogens is 1. The number of carbonyl (C=O) groups is 7. The average molecular weight is 1250 g/mol. The number of carbonyl (C=O) groups excluding carboxylic acids is 7. The van der Waals surface area contributed by atoms with Gasteiger partial charge in [0.05, 0.1) is 41.8 Å². The van der Waals surface area contributed by atoms with Crippen LogP contribution in [0.4, 0.5) is 4.39 Å². The number of nitrogens with one attached hydrogen (secondary N) is 3. The van der Waals surface area contributed by atoms with Crippen LogP contribution in [0.5, 0.6) is 5.75 Å². The second-order valence-corrected chi connectivity index (χ2v) is 27.4. The number of esters is 1. The molecule has 21 nitrogen and oxygen atoms in total. The van der Waals surface area contributed by atoms with Gasteiger partial charge in [-0.15, -0.1) is 11.3 Å². The lowest BCUT2D eigenvalue weighted by atomic mass is 9.85. The quantitative estimate of drug-likeness (QED) is 0.0374. The van der Waals surface area contributed by atoms with Crippen LogP contribution in [0, 0.1) is 11.3 Å². The highest BCUT2D eigenvalue weighted by Crippen LogP contribution is 2.58. The number of ether oxygens (including phenoxy) is 3. The largest absolute Gasteiger partial charge is 0.465 e. The molecule has 6 heterocycles. The maximum absolute atomic E-state index is 16.9. The zero-order valence-corrected chi connectivity index (χ0v) is 52.0. The standard InChI is InChI=1S/C64H76FN8O13PS/c1-7-31-84-62(80)39(2)68-87(82,86-45-16-12-9-13-17-45)57(65)43-19-22-51-44(35-43)36-52(88-51)59(77)67-56(64(3,4)5)61(79)72-29-26-49(55(72)60(78)71-30-32-83-50(37-71)42-14-10-8-11-15-42)85-38-54(75)70-27-24-40(25-28-70)33-41-18-20-46-48(34-41)69(6)63(81)73(46)47-21-23-53(74)66-58(47)76/h8-20,22,34-36,39-40,47,49-50,55-57H,7,21,23-33,37-38H2,1-6H3,(H,67,77)(H,68,82)(H,66,74,76)/t39-,47?,49+,50-,55-,56+,57-,87+/m0/s1. The number of aromatic nitrogens is 2. The highest BCUT2D eigenvalue weighted by Gasteiger charge is 2.49. The first-order valence-electron chi connectivity index (χ1n) is 30.1. The number of piperidine rings is 2. The van der Waals surface area contributed by atoms with Gasteiger partial charge >= 0.3 is 19.2 Å². The van der Waals surface area contributed by atoms with Crippen LogP contribution in [0.15, 0.2) is 108 Å². The number of hydrogen-bond donors (Lipinski definition) is 3. The number of alkyl halides is 1. The van der Waals surface area contributed by atoms with E-state index in [0.717, 1.165) is 22.5 Å². The SMILES string of the molecule is CCCOC(=O)[C@H](C)N[P@](=O)(Oc1ccccc1)[C@H](F)c1ccc2sc(C(=O)N[C@H](C(=O)N3CC[C@@H](OCC(=O)N4CCC(Cc5ccc6c(c5)n(C)c(=O)n6C5CCC(=O)NC5=O)CC4)[C@H]3C(=O)N3CCO[C@H](c4ccccc4)C3)C(C)(C)C)cc2c1. The second kappa shape index (κ2) is 27.0. The molecule has 4 aromatic carbocycles. The van der Waals surface area contributed by atoms with E-state index in [1.165, 1.54) is 45.2 Å². The number of fused-ring (bicyclic) bond motifs is 2. The molecule has 1 unspecified atom stereocenters. The van der Waals surface area contributed by atoms with Gasteiger partial charge in [-0.3, -0.25) is 52.6 Å². The third-order valence-electron chi connectivity index (χ3n) is 16.9. The molecular weight excluding hydrogens is 1170 g/mol. The molecule has 8 atom stereocenters. The Labute approximate surface area is 513 Å². The summed E-state index contributed by atoms with van der Waals surface area (Å²) in [5.41, 5.74) is 1.91. The third kappa shape index (κ3) is 14.0. The lowest BCUT2D eigenvalue weighted by molar-refractivity contribution is -0.156. The van der Waals surface area contributed by atoms with E-state index in [4.69, 9.17) is 18.7 Å². The molecule has 6 amide bonds. The van der Waals surface area contributed by atoms with Gasteiger partial charge < -0.3 is 38.8 Å². The van der Waals surface area contributed by atoms with Crippen LogP contribution >= 0.6 is 18.9 Å². The molecule has 0 radical (unpaired) electrons. The summed E-state index contributed by atoms with van der Waals surface area (Å²) < 4.78 is 58.6. The number of imidazole rings is 1. The summed E-state index contributed by atoms with van der Waals surface area (Å²) >= 11 is 1.11. The highest BCUT2D eigenvalue weighted by molar-refractivity contribution is 7.57. The number of likely N-dealkylation sites (tertiary alicyclic amines) is 2. The molecule has 4 saturated heterocycles. The summed E-state index contributed by atoms with van der Waals surface area (Å²) in [4.78, 5) is 115. The molecule has 0 spiro atoms. The molecule has 4 aliphatic heterocycles. The zero-order chi connectivity index (χ0) is 62.6. The van der Waals surface area contributed by atoms with Gasteiger partial charge in [0.2, 0.25) is 35.4 Å². The van der Waals surface area contributed by atoms with E-state index >= 15 is 14.0 Å². The topological polar surface area (TPSA) is 246 Å². The Balaban J connectivity index is 0.822. The first kappa shape index (κ1) is 63.5. The number of rotatable bonds is 20. The van der Waals surface area contributed by atoms with Gasteiger partial charge in [-0.1, -0.05) is 88.4 Å². The molecule has 6 aromatic rings. The number of nitrogens with zero attached hydrogens (tertiary/aromatic N) is 5. The van der Waals surface area contributed by atoms with Crippen molar-refractivity contribution in [3.8, 4) is 5.75 Å². The molecule has 4 fully saturated rings. The van der Waals surface area contributed by atoms with Crippen LogP contribution in [0.3, 0.4) is 0 Å². The summed E-state index contributed by atoms with van der Waals surface area (Å²) in [5.74, 6) is -5.23. The van der Waals surface area contributed by atoms with Crippen LogP contribution in [-0.4, -0.2) is 142 Å². The average Bonchev–Trinajstić information content (AvgIpc) is 2.18. The Morgan fingerprint density at radius 2 is 1.59 bits per heavy atom. The second-order valence-electron chi connectivity index (χ2n) is 24.2. The number of hydrogen-bond acceptors (Lipinski definition) is 14. The maximum Gasteiger partial charge on any atom is 0.355 e. The minimum Gasteiger partial charge on any atom is -0.465 e. The van der Waals surface area contributed by atoms with Gasteiger partial charge in [-0.2, -0.15) is 0 Å². The Kier molecular flexibility index (Phi) is 19.5. The predicted octanol–water partition coefficient (Wildman–Crippen LogP) is 7.92. The summed E-state index contributed by atoms with van der Waals surface area (Å²) in [6.07, 6.45) is 1.98. The Morgan fingerprint density at radius 1 is 0.864 bits per heavy atom. The first-order valence-corrected chi connectivity index (χ1v) is 32.6. The molecule has 468 valence electrons. The fraction of sp³-hybridized carbons (Fsp3) is 0.469. The van der Waals surface area contributed by atoms with E-state index in [1.807, 2.05) is 76.2 Å². The van der Waals surface area contributed by atoms with Crippen molar-refractivity contribution >= 4 is 81.4 Å². The number of imide groups is 1. The van der Waals surface area contributed by atoms with Gasteiger partial charge in [0.1, 0.15) is 42.6 Å². The van der Waals surface area contributed by atoms with Crippen molar-refractivity contribution < 1.29 is 61.3 Å². The van der Waals surface area contributed by atoms with Crippen molar-refractivity contribution in [2.75, 3.05) is 52.5 Å². The minimum atomic E-state index is -4.55. The molecule has 0 saturated carbocycles. The van der Waals surface area contributed by atoms with Crippen LogP contribution in [0.2, 0.25) is 0 Å². The number of thiophene rings is 1. The van der Waals surface area contributed by atoms with Gasteiger partial charge in [0.25, 0.3) is 5.91 Å². The van der Waals surface area contributed by atoms with Crippen molar-refractivity contribution in [2.24, 2.45) is 18.4 Å². The zero-order valence-electron chi connectivity index (χ0n) is 50.3. The fourth-order valence-corrected chi connectivity index (χ4v) is 15.0. The first-order chi connectivity index (χ1) is 42.1. The van der Waals surface area contributed by atoms with E-state index in [9.17, 15) is 33.3 Å². The third-order valence-corrected chi connectivity index (χ3v) is 20.1. The molecule has 24 heteroatoms. The van der Waals surface area contributed by atoms with Crippen LogP contribution in [0.1, 0.15) is 118 Å². The van der Waals surface area contributed by atoms with Crippen molar-refractivity contribution in [3.05, 3.63) is 135 Å². The van der Waals surface area contributed by atoms with Crippen molar-refractivity contribution in [3.63, 3.8) is 0 Å². The Bertz CT molecular complexity index is 3690. The van der Waals surface area contributed by atoms with Gasteiger partial charge in [0.15, 0.2) is 0 Å². The number of morpholine rings is 1. The number of para-hydroxylation sites is 1. The summed E-state index contributed by atoms with van der Waals surface area (Å²) in [5, 5.41) is 8.36. The Morgan fingerprint density at radius 3 is 2.30 bits per heavy atom. The molecule has 3 N–H and O–H groups in total. The number of amides is 6. The monoisotopic (exact) mass is 1250 g/mol. The van der Waals surface area contributed by atoms with Gasteiger partial charge in [0, 0.05) is 44.3 Å². The molecule has 88 heavy (non-hydrogen) atoms. The van der Waals surface area contributed by atoms with Crippen molar-refractivity contribution in [1.82, 2.24) is 39.6 Å². The van der Waals surface area contributed by atoms with E-state index < -0.39 is 78.9 Å². The fourth-order valence-electron chi connectivity index (χ4n) is 12.1. The van der Waals surface area contributed by atoms with Crippen LogP contribution < -0.4 is 25.9 Å². The van der Waals surface area contributed by atoms with Crippen molar-refractivity contribution in [1.29, 1.82) is 0 Å². The van der Waals surface area contributed by atoms with E-state index in [2.05, 4.69) is 15.7 Å². The lowest BCUT2D eigenvalue weighted by Gasteiger charge is -2.39. The summed E-state index contributed by atoms with van der Waals surface area (Å²) in [6, 6.07) is 25.1. The normalized spacial score (nSPS) is 21.1. The van der Waals surface area contributed by atoms with Crippen LogP contribution in [0.25, 0.3) is 21.1 Å². The minimum absolute atomic E-state index is 0.0370.